The van der Waals surface area contributed by atoms with Crippen molar-refractivity contribution in [1.29, 1.82) is 0 Å². The zero-order chi connectivity index (χ0) is 21.9. The van der Waals surface area contributed by atoms with Gasteiger partial charge in [0, 0.05) is 25.1 Å². The Bertz CT molecular complexity index is 821. The van der Waals surface area contributed by atoms with Gasteiger partial charge in [-0.15, -0.1) is 0 Å². The first-order valence-corrected chi connectivity index (χ1v) is 11.8. The maximum Gasteiger partial charge on any atom is 0.222 e. The fourth-order valence-electron chi connectivity index (χ4n) is 4.04. The minimum Gasteiger partial charge on any atom is -0.494 e. The van der Waals surface area contributed by atoms with Gasteiger partial charge < -0.3 is 9.64 Å². The Morgan fingerprint density at radius 3 is 2.00 bits per heavy atom. The van der Waals surface area contributed by atoms with Gasteiger partial charge >= 0.3 is 0 Å². The van der Waals surface area contributed by atoms with Crippen molar-refractivity contribution in [3.63, 3.8) is 0 Å². The number of rotatable bonds is 11. The van der Waals surface area contributed by atoms with E-state index in [9.17, 15) is 9.59 Å². The lowest BCUT2D eigenvalue weighted by Gasteiger charge is -2.26. The maximum atomic E-state index is 12.1. The molecule has 2 aromatic rings. The Labute approximate surface area is 186 Å². The number of amides is 1. The van der Waals surface area contributed by atoms with Gasteiger partial charge in [0.2, 0.25) is 5.91 Å². The summed E-state index contributed by atoms with van der Waals surface area (Å²) >= 11 is 0. The van der Waals surface area contributed by atoms with E-state index in [-0.39, 0.29) is 5.78 Å². The highest BCUT2D eigenvalue weighted by Crippen LogP contribution is 2.23. The van der Waals surface area contributed by atoms with Gasteiger partial charge in [0.05, 0.1) is 6.61 Å². The van der Waals surface area contributed by atoms with Gasteiger partial charge in [-0.3, -0.25) is 9.59 Å². The summed E-state index contributed by atoms with van der Waals surface area (Å²) in [4.78, 5) is 25.6. The largest absolute Gasteiger partial charge is 0.494 e. The number of unbranched alkanes of at least 4 members (excludes halogenated alkanes) is 4. The van der Waals surface area contributed by atoms with Crippen molar-refractivity contribution in [1.82, 2.24) is 4.90 Å². The molecular formula is C27H35NO3. The van der Waals surface area contributed by atoms with E-state index in [1.165, 1.54) is 19.3 Å². The van der Waals surface area contributed by atoms with E-state index in [1.807, 2.05) is 41.3 Å². The number of benzene rings is 2. The van der Waals surface area contributed by atoms with Crippen LogP contribution in [0.4, 0.5) is 0 Å². The molecule has 2 aromatic carbocycles. The zero-order valence-corrected chi connectivity index (χ0v) is 18.8. The molecule has 1 saturated heterocycles. The third-order valence-electron chi connectivity index (χ3n) is 5.99. The number of hydrogen-bond donors (Lipinski definition) is 0. The van der Waals surface area contributed by atoms with Crippen molar-refractivity contribution in [3.05, 3.63) is 54.1 Å². The van der Waals surface area contributed by atoms with Crippen LogP contribution in [-0.4, -0.2) is 36.3 Å². The van der Waals surface area contributed by atoms with Gasteiger partial charge in [-0.05, 0) is 62.3 Å². The van der Waals surface area contributed by atoms with Gasteiger partial charge in [-0.1, -0.05) is 55.7 Å². The summed E-state index contributed by atoms with van der Waals surface area (Å²) in [5, 5.41) is 0. The topological polar surface area (TPSA) is 46.6 Å². The van der Waals surface area contributed by atoms with E-state index in [0.717, 1.165) is 74.2 Å². The Hall–Kier alpha value is -2.62. The number of ketones is 1. The lowest BCUT2D eigenvalue weighted by molar-refractivity contribution is -0.132. The van der Waals surface area contributed by atoms with Crippen molar-refractivity contribution in [2.24, 2.45) is 0 Å². The molecule has 0 aliphatic carbocycles. The number of piperidine rings is 1. The van der Waals surface area contributed by atoms with Crippen molar-refractivity contribution in [3.8, 4) is 16.9 Å². The van der Waals surface area contributed by atoms with Crippen molar-refractivity contribution >= 4 is 11.7 Å². The van der Waals surface area contributed by atoms with Crippen LogP contribution in [0.5, 0.6) is 5.75 Å². The third-order valence-corrected chi connectivity index (χ3v) is 5.99. The van der Waals surface area contributed by atoms with Gasteiger partial charge in [-0.2, -0.15) is 0 Å². The van der Waals surface area contributed by atoms with E-state index >= 15 is 0 Å². The number of nitrogens with zero attached hydrogens (tertiary/aromatic N) is 1. The standard InChI is InChI=1S/C27H35NO3/c1-22(29)23-11-13-24(14-12-23)25-15-17-26(18-16-25)31-21-9-4-2-3-6-10-27(30)28-19-7-5-8-20-28/h11-18H,2-10,19-21H2,1H3. The summed E-state index contributed by atoms with van der Waals surface area (Å²) in [6.07, 6.45) is 9.78. The molecule has 1 fully saturated rings. The second kappa shape index (κ2) is 12.3. The summed E-state index contributed by atoms with van der Waals surface area (Å²) in [7, 11) is 0. The molecule has 4 heteroatoms. The fourth-order valence-corrected chi connectivity index (χ4v) is 4.04. The summed E-state index contributed by atoms with van der Waals surface area (Å²) < 4.78 is 5.87. The van der Waals surface area contributed by atoms with Gasteiger partial charge in [0.1, 0.15) is 5.75 Å². The van der Waals surface area contributed by atoms with Crippen molar-refractivity contribution in [2.75, 3.05) is 19.7 Å². The van der Waals surface area contributed by atoms with E-state index in [2.05, 4.69) is 12.1 Å². The molecule has 0 N–H and O–H groups in total. The third kappa shape index (κ3) is 7.54. The van der Waals surface area contributed by atoms with Crippen LogP contribution < -0.4 is 4.74 Å². The zero-order valence-electron chi connectivity index (χ0n) is 18.8. The predicted molar refractivity (Wildman–Crippen MR) is 126 cm³/mol. The highest BCUT2D eigenvalue weighted by molar-refractivity contribution is 5.94. The monoisotopic (exact) mass is 421 g/mol. The van der Waals surface area contributed by atoms with Crippen LogP contribution in [0.3, 0.4) is 0 Å². The molecule has 0 aromatic heterocycles. The van der Waals surface area contributed by atoms with E-state index < -0.39 is 0 Å². The molecule has 0 bridgehead atoms. The van der Waals surface area contributed by atoms with Crippen LogP contribution >= 0.6 is 0 Å². The second-order valence-electron chi connectivity index (χ2n) is 8.47. The van der Waals surface area contributed by atoms with Crippen LogP contribution in [0.25, 0.3) is 11.1 Å². The molecule has 1 aliphatic heterocycles. The van der Waals surface area contributed by atoms with E-state index in [0.29, 0.717) is 12.3 Å². The maximum absolute atomic E-state index is 12.1. The number of hydrogen-bond acceptors (Lipinski definition) is 3. The molecule has 0 radical (unpaired) electrons. The quantitative estimate of drug-likeness (QED) is 0.316. The summed E-state index contributed by atoms with van der Waals surface area (Å²) in [5.41, 5.74) is 2.94. The first kappa shape index (κ1) is 23.1. The van der Waals surface area contributed by atoms with Gasteiger partial charge in [-0.25, -0.2) is 0 Å². The van der Waals surface area contributed by atoms with Crippen molar-refractivity contribution in [2.45, 2.75) is 64.7 Å². The SMILES string of the molecule is CC(=O)c1ccc(-c2ccc(OCCCCCCCC(=O)N3CCCCC3)cc2)cc1. The van der Waals surface area contributed by atoms with Crippen LogP contribution in [-0.2, 0) is 4.79 Å². The van der Waals surface area contributed by atoms with Crippen LogP contribution in [0, 0.1) is 0 Å². The lowest BCUT2D eigenvalue weighted by atomic mass is 10.0. The minimum absolute atomic E-state index is 0.0845. The predicted octanol–water partition coefficient (Wildman–Crippen LogP) is 6.29. The highest BCUT2D eigenvalue weighted by atomic mass is 16.5. The molecule has 166 valence electrons. The Morgan fingerprint density at radius 2 is 1.35 bits per heavy atom. The van der Waals surface area contributed by atoms with Gasteiger partial charge in [0.25, 0.3) is 0 Å². The highest BCUT2D eigenvalue weighted by Gasteiger charge is 2.15. The lowest BCUT2D eigenvalue weighted by Crippen LogP contribution is -2.35. The number of Topliss-reactive ketones (excluding diaryl/α,β-unsaturated/α-hetero) is 1. The molecule has 1 aliphatic rings. The molecule has 0 saturated carbocycles. The second-order valence-corrected chi connectivity index (χ2v) is 8.47. The van der Waals surface area contributed by atoms with Crippen LogP contribution in [0.2, 0.25) is 0 Å². The summed E-state index contributed by atoms with van der Waals surface area (Å²) in [5.74, 6) is 1.32. The number of ether oxygens (including phenoxy) is 1. The molecule has 0 spiro atoms. The number of carbonyl (C=O) groups is 2. The Kier molecular flexibility index (Phi) is 9.14. The van der Waals surface area contributed by atoms with E-state index in [1.54, 1.807) is 6.92 Å². The number of carbonyl (C=O) groups excluding carboxylic acids is 2. The average molecular weight is 422 g/mol. The molecule has 0 atom stereocenters. The molecule has 1 heterocycles. The molecule has 4 nitrogen and oxygen atoms in total. The first-order chi connectivity index (χ1) is 15.1. The molecular weight excluding hydrogens is 386 g/mol. The van der Waals surface area contributed by atoms with Crippen LogP contribution in [0.1, 0.15) is 75.1 Å². The summed E-state index contributed by atoms with van der Waals surface area (Å²) in [6.45, 7) is 4.23. The van der Waals surface area contributed by atoms with Crippen molar-refractivity contribution < 1.29 is 14.3 Å². The minimum atomic E-state index is 0.0845. The molecule has 31 heavy (non-hydrogen) atoms. The normalized spacial score (nSPS) is 13.8. The molecule has 1 amide bonds. The Morgan fingerprint density at radius 1 is 0.774 bits per heavy atom. The fraction of sp³-hybridized carbons (Fsp3) is 0.481. The molecule has 3 rings (SSSR count). The average Bonchev–Trinajstić information content (AvgIpc) is 2.81. The first-order valence-electron chi connectivity index (χ1n) is 11.8. The number of likely N-dealkylation sites (tertiary alicyclic amines) is 1. The van der Waals surface area contributed by atoms with Gasteiger partial charge in [0.15, 0.2) is 5.78 Å². The summed E-state index contributed by atoms with van der Waals surface area (Å²) in [6, 6.07) is 15.8. The van der Waals surface area contributed by atoms with E-state index in [4.69, 9.17) is 4.74 Å². The molecule has 0 unspecified atom stereocenters. The Balaban J connectivity index is 1.27. The van der Waals surface area contributed by atoms with Crippen LogP contribution in [0.15, 0.2) is 48.5 Å². The smallest absolute Gasteiger partial charge is 0.222 e.